The highest BCUT2D eigenvalue weighted by molar-refractivity contribution is 5.95. The molecule has 2 fully saturated rings. The Bertz CT molecular complexity index is 766. The summed E-state index contributed by atoms with van der Waals surface area (Å²) >= 11 is 0. The number of benzene rings is 1. The lowest BCUT2D eigenvalue weighted by Crippen LogP contribution is -2.40. The lowest BCUT2D eigenvalue weighted by Gasteiger charge is -2.29. The number of nitrogens with one attached hydrogen (secondary N) is 1. The van der Waals surface area contributed by atoms with E-state index in [-0.39, 0.29) is 5.91 Å². The fourth-order valence-electron chi connectivity index (χ4n) is 3.65. The molecule has 1 aromatic carbocycles. The van der Waals surface area contributed by atoms with Crippen molar-refractivity contribution >= 4 is 23.0 Å². The Morgan fingerprint density at radius 1 is 0.926 bits per heavy atom. The van der Waals surface area contributed by atoms with Crippen LogP contribution >= 0.6 is 0 Å². The fraction of sp³-hybridized carbons (Fsp3) is 0.429. The second-order valence-electron chi connectivity index (χ2n) is 7.09. The molecule has 6 nitrogen and oxygen atoms in total. The van der Waals surface area contributed by atoms with Gasteiger partial charge in [-0.1, -0.05) is 0 Å². The molecular weight excluding hydrogens is 340 g/mol. The van der Waals surface area contributed by atoms with Crippen LogP contribution in [-0.2, 0) is 4.74 Å². The van der Waals surface area contributed by atoms with Crippen LogP contribution in [0, 0.1) is 0 Å². The Hall–Kier alpha value is -2.60. The summed E-state index contributed by atoms with van der Waals surface area (Å²) in [5.41, 5.74) is 3.69. The van der Waals surface area contributed by atoms with Crippen LogP contribution in [0.5, 0.6) is 0 Å². The highest BCUT2D eigenvalue weighted by atomic mass is 16.5. The van der Waals surface area contributed by atoms with Crippen LogP contribution in [0.3, 0.4) is 0 Å². The summed E-state index contributed by atoms with van der Waals surface area (Å²) in [6, 6.07) is 10.3. The van der Waals surface area contributed by atoms with Crippen molar-refractivity contribution in [2.75, 3.05) is 49.6 Å². The molecule has 3 heterocycles. The molecule has 2 aliphatic heterocycles. The van der Waals surface area contributed by atoms with Gasteiger partial charge in [0.2, 0.25) is 0 Å². The zero-order valence-electron chi connectivity index (χ0n) is 15.6. The quantitative estimate of drug-likeness (QED) is 0.900. The minimum atomic E-state index is 0.00916. The molecule has 2 aliphatic rings. The SMILES string of the molecule is O=C(c1cncc(Nc2ccc(N3CCCCC3)cc2)c1)N1CCOCC1. The lowest BCUT2D eigenvalue weighted by atomic mass is 10.1. The second-order valence-corrected chi connectivity index (χ2v) is 7.09. The molecule has 0 aliphatic carbocycles. The van der Waals surface area contributed by atoms with Gasteiger partial charge >= 0.3 is 0 Å². The third-order valence-corrected chi connectivity index (χ3v) is 5.16. The molecule has 1 amide bonds. The van der Waals surface area contributed by atoms with Crippen molar-refractivity contribution < 1.29 is 9.53 Å². The highest BCUT2D eigenvalue weighted by Gasteiger charge is 2.19. The number of morpholine rings is 1. The van der Waals surface area contributed by atoms with E-state index < -0.39 is 0 Å². The van der Waals surface area contributed by atoms with Gasteiger partial charge in [0.1, 0.15) is 0 Å². The van der Waals surface area contributed by atoms with Crippen LogP contribution in [0.2, 0.25) is 0 Å². The van der Waals surface area contributed by atoms with Crippen molar-refractivity contribution in [2.24, 2.45) is 0 Å². The van der Waals surface area contributed by atoms with E-state index in [2.05, 4.69) is 39.5 Å². The molecule has 0 atom stereocenters. The number of piperidine rings is 1. The van der Waals surface area contributed by atoms with Crippen LogP contribution in [0.15, 0.2) is 42.7 Å². The largest absolute Gasteiger partial charge is 0.378 e. The number of pyridine rings is 1. The molecule has 0 radical (unpaired) electrons. The average molecular weight is 366 g/mol. The zero-order chi connectivity index (χ0) is 18.5. The summed E-state index contributed by atoms with van der Waals surface area (Å²) in [7, 11) is 0. The number of carbonyl (C=O) groups is 1. The summed E-state index contributed by atoms with van der Waals surface area (Å²) in [5, 5.41) is 3.36. The number of hydrogen-bond acceptors (Lipinski definition) is 5. The van der Waals surface area contributed by atoms with Crippen molar-refractivity contribution in [1.29, 1.82) is 0 Å². The van der Waals surface area contributed by atoms with E-state index in [1.807, 2.05) is 11.0 Å². The maximum atomic E-state index is 12.6. The Balaban J connectivity index is 1.42. The molecule has 0 saturated carbocycles. The average Bonchev–Trinajstić information content (AvgIpc) is 2.75. The number of carbonyl (C=O) groups excluding carboxylic acids is 1. The summed E-state index contributed by atoms with van der Waals surface area (Å²) < 4.78 is 5.32. The third-order valence-electron chi connectivity index (χ3n) is 5.16. The summed E-state index contributed by atoms with van der Waals surface area (Å²) in [6.45, 7) is 4.74. The van der Waals surface area contributed by atoms with Gasteiger partial charge in [-0.3, -0.25) is 9.78 Å². The predicted octanol–water partition coefficient (Wildman–Crippen LogP) is 3.29. The summed E-state index contributed by atoms with van der Waals surface area (Å²) in [6.07, 6.45) is 7.25. The van der Waals surface area contributed by atoms with E-state index in [4.69, 9.17) is 4.74 Å². The molecule has 2 saturated heterocycles. The molecule has 4 rings (SSSR count). The van der Waals surface area contributed by atoms with Crippen molar-refractivity contribution in [3.63, 3.8) is 0 Å². The van der Waals surface area contributed by atoms with Crippen molar-refractivity contribution in [2.45, 2.75) is 19.3 Å². The first-order valence-corrected chi connectivity index (χ1v) is 9.74. The molecule has 1 aromatic heterocycles. The van der Waals surface area contributed by atoms with Gasteiger partial charge in [-0.15, -0.1) is 0 Å². The van der Waals surface area contributed by atoms with Gasteiger partial charge in [0.05, 0.1) is 30.7 Å². The molecular formula is C21H26N4O2. The fourth-order valence-corrected chi connectivity index (χ4v) is 3.65. The first-order chi connectivity index (χ1) is 13.3. The Labute approximate surface area is 160 Å². The van der Waals surface area contributed by atoms with E-state index in [1.54, 1.807) is 12.4 Å². The third kappa shape index (κ3) is 4.39. The first-order valence-electron chi connectivity index (χ1n) is 9.74. The van der Waals surface area contributed by atoms with Crippen molar-refractivity contribution in [1.82, 2.24) is 9.88 Å². The van der Waals surface area contributed by atoms with Gasteiger partial charge < -0.3 is 19.9 Å². The molecule has 27 heavy (non-hydrogen) atoms. The maximum absolute atomic E-state index is 12.6. The monoisotopic (exact) mass is 366 g/mol. The van der Waals surface area contributed by atoms with E-state index in [0.29, 0.717) is 31.9 Å². The number of rotatable bonds is 4. The minimum absolute atomic E-state index is 0.00916. The van der Waals surface area contributed by atoms with E-state index >= 15 is 0 Å². The van der Waals surface area contributed by atoms with Gasteiger partial charge in [-0.05, 0) is 49.6 Å². The highest BCUT2D eigenvalue weighted by Crippen LogP contribution is 2.24. The van der Waals surface area contributed by atoms with Gasteiger partial charge in [0.15, 0.2) is 0 Å². The number of anilines is 3. The molecule has 142 valence electrons. The van der Waals surface area contributed by atoms with Gasteiger partial charge in [0, 0.05) is 43.8 Å². The van der Waals surface area contributed by atoms with Gasteiger partial charge in [0.25, 0.3) is 5.91 Å². The van der Waals surface area contributed by atoms with Gasteiger partial charge in [-0.25, -0.2) is 0 Å². The van der Waals surface area contributed by atoms with Crippen molar-refractivity contribution in [3.05, 3.63) is 48.3 Å². The number of aromatic nitrogens is 1. The van der Waals surface area contributed by atoms with Crippen LogP contribution in [0.1, 0.15) is 29.6 Å². The van der Waals surface area contributed by atoms with Crippen molar-refractivity contribution in [3.8, 4) is 0 Å². The number of ether oxygens (including phenoxy) is 1. The number of hydrogen-bond donors (Lipinski definition) is 1. The van der Waals surface area contributed by atoms with Crippen LogP contribution in [0.4, 0.5) is 17.1 Å². The second kappa shape index (κ2) is 8.39. The molecule has 6 heteroatoms. The summed E-state index contributed by atoms with van der Waals surface area (Å²) in [4.78, 5) is 21.1. The van der Waals surface area contributed by atoms with Crippen LogP contribution in [0.25, 0.3) is 0 Å². The number of amides is 1. The predicted molar refractivity (Wildman–Crippen MR) is 107 cm³/mol. The summed E-state index contributed by atoms with van der Waals surface area (Å²) in [5.74, 6) is 0.00916. The molecule has 0 spiro atoms. The molecule has 0 unspecified atom stereocenters. The normalized spacial score (nSPS) is 17.6. The standard InChI is InChI=1S/C21H26N4O2/c26-21(25-10-12-27-13-11-25)17-14-19(16-22-15-17)23-18-4-6-20(7-5-18)24-8-2-1-3-9-24/h4-7,14-16,23H,1-3,8-13H2. The van der Waals surface area contributed by atoms with E-state index in [1.165, 1.54) is 24.9 Å². The molecule has 1 N–H and O–H groups in total. The van der Waals surface area contributed by atoms with E-state index in [9.17, 15) is 4.79 Å². The maximum Gasteiger partial charge on any atom is 0.255 e. The Morgan fingerprint density at radius 2 is 1.67 bits per heavy atom. The van der Waals surface area contributed by atoms with Crippen LogP contribution < -0.4 is 10.2 Å². The molecule has 2 aromatic rings. The Morgan fingerprint density at radius 3 is 2.41 bits per heavy atom. The first kappa shape index (κ1) is 17.8. The smallest absolute Gasteiger partial charge is 0.255 e. The van der Waals surface area contributed by atoms with E-state index in [0.717, 1.165) is 24.5 Å². The number of nitrogens with zero attached hydrogens (tertiary/aromatic N) is 3. The Kier molecular flexibility index (Phi) is 5.53. The lowest BCUT2D eigenvalue weighted by molar-refractivity contribution is 0.0302. The zero-order valence-corrected chi connectivity index (χ0v) is 15.6. The van der Waals surface area contributed by atoms with Gasteiger partial charge in [-0.2, -0.15) is 0 Å². The topological polar surface area (TPSA) is 57.7 Å². The minimum Gasteiger partial charge on any atom is -0.378 e. The van der Waals surface area contributed by atoms with Crippen LogP contribution in [-0.4, -0.2) is 55.2 Å². The molecule has 0 bridgehead atoms.